The largest absolute Gasteiger partial charge is 0.376 e. The maximum Gasteiger partial charge on any atom is 0.0704 e. The molecule has 0 aromatic rings. The summed E-state index contributed by atoms with van der Waals surface area (Å²) < 4.78 is 11.5. The van der Waals surface area contributed by atoms with Crippen molar-refractivity contribution in [2.45, 2.75) is 63.6 Å². The first kappa shape index (κ1) is 10.4. The van der Waals surface area contributed by atoms with E-state index in [1.807, 2.05) is 0 Å². The molecule has 0 radical (unpaired) electrons. The maximum absolute atomic E-state index is 5.74. The quantitative estimate of drug-likeness (QED) is 0.632. The first-order chi connectivity index (χ1) is 6.95. The second kappa shape index (κ2) is 5.72. The van der Waals surface area contributed by atoms with Gasteiger partial charge in [0.2, 0.25) is 0 Å². The zero-order valence-corrected chi connectivity index (χ0v) is 9.04. The third-order valence-electron chi connectivity index (χ3n) is 3.39. The van der Waals surface area contributed by atoms with Crippen LogP contribution in [0.25, 0.3) is 0 Å². The predicted molar refractivity (Wildman–Crippen MR) is 56.4 cm³/mol. The van der Waals surface area contributed by atoms with Gasteiger partial charge in [-0.1, -0.05) is 25.7 Å². The molecule has 2 saturated carbocycles. The summed E-state index contributed by atoms with van der Waals surface area (Å²) >= 11 is 0. The van der Waals surface area contributed by atoms with Crippen molar-refractivity contribution in [2.75, 3.05) is 13.2 Å². The minimum atomic E-state index is 0.544. The lowest BCUT2D eigenvalue weighted by Gasteiger charge is -2.14. The van der Waals surface area contributed by atoms with Crippen LogP contribution in [0.3, 0.4) is 0 Å². The molecule has 2 aliphatic rings. The first-order valence-corrected chi connectivity index (χ1v) is 6.18. The SMILES string of the molecule is C1CCC(OCCOC2CCCC2)C1. The number of hydrogen-bond acceptors (Lipinski definition) is 2. The summed E-state index contributed by atoms with van der Waals surface area (Å²) in [7, 11) is 0. The van der Waals surface area contributed by atoms with E-state index in [1.165, 1.54) is 51.4 Å². The molecular weight excluding hydrogens is 176 g/mol. The molecule has 2 aliphatic carbocycles. The Kier molecular flexibility index (Phi) is 4.26. The predicted octanol–water partition coefficient (Wildman–Crippen LogP) is 2.90. The Bertz CT molecular complexity index is 128. The van der Waals surface area contributed by atoms with Gasteiger partial charge in [0.15, 0.2) is 0 Å². The highest BCUT2D eigenvalue weighted by Gasteiger charge is 2.17. The molecule has 0 unspecified atom stereocenters. The topological polar surface area (TPSA) is 18.5 Å². The van der Waals surface area contributed by atoms with Crippen molar-refractivity contribution in [2.24, 2.45) is 0 Å². The number of rotatable bonds is 5. The fourth-order valence-corrected chi connectivity index (χ4v) is 2.54. The van der Waals surface area contributed by atoms with Crippen LogP contribution < -0.4 is 0 Å². The Morgan fingerprint density at radius 1 is 0.643 bits per heavy atom. The molecule has 0 aromatic carbocycles. The van der Waals surface area contributed by atoms with Gasteiger partial charge in [-0.05, 0) is 25.7 Å². The molecule has 2 rings (SSSR count). The molecule has 0 heterocycles. The number of hydrogen-bond donors (Lipinski definition) is 0. The van der Waals surface area contributed by atoms with Crippen LogP contribution in [-0.2, 0) is 9.47 Å². The van der Waals surface area contributed by atoms with Crippen molar-refractivity contribution < 1.29 is 9.47 Å². The Morgan fingerprint density at radius 3 is 1.36 bits per heavy atom. The minimum Gasteiger partial charge on any atom is -0.376 e. The zero-order valence-electron chi connectivity index (χ0n) is 9.04. The van der Waals surface area contributed by atoms with Crippen LogP contribution in [0.5, 0.6) is 0 Å². The zero-order chi connectivity index (χ0) is 9.64. The minimum absolute atomic E-state index is 0.544. The third kappa shape index (κ3) is 3.25. The van der Waals surface area contributed by atoms with Crippen LogP contribution in [0.4, 0.5) is 0 Å². The molecule has 0 spiro atoms. The molecular formula is C12H22O2. The van der Waals surface area contributed by atoms with Gasteiger partial charge in [0.05, 0.1) is 25.4 Å². The van der Waals surface area contributed by atoms with Crippen LogP contribution >= 0.6 is 0 Å². The summed E-state index contributed by atoms with van der Waals surface area (Å²) in [6, 6.07) is 0. The summed E-state index contributed by atoms with van der Waals surface area (Å²) in [5.74, 6) is 0. The van der Waals surface area contributed by atoms with E-state index in [2.05, 4.69) is 0 Å². The fourth-order valence-electron chi connectivity index (χ4n) is 2.54. The maximum atomic E-state index is 5.74. The van der Waals surface area contributed by atoms with Crippen molar-refractivity contribution in [3.05, 3.63) is 0 Å². The van der Waals surface area contributed by atoms with E-state index in [4.69, 9.17) is 9.47 Å². The highest BCUT2D eigenvalue weighted by Crippen LogP contribution is 2.22. The fraction of sp³-hybridized carbons (Fsp3) is 1.00. The van der Waals surface area contributed by atoms with Gasteiger partial charge in [0.25, 0.3) is 0 Å². The average molecular weight is 198 g/mol. The van der Waals surface area contributed by atoms with Gasteiger partial charge in [-0.15, -0.1) is 0 Å². The van der Waals surface area contributed by atoms with Gasteiger partial charge in [0.1, 0.15) is 0 Å². The molecule has 2 heteroatoms. The summed E-state index contributed by atoms with van der Waals surface area (Å²) in [4.78, 5) is 0. The second-order valence-corrected chi connectivity index (χ2v) is 4.55. The van der Waals surface area contributed by atoms with Crippen LogP contribution in [0.2, 0.25) is 0 Å². The molecule has 0 atom stereocenters. The van der Waals surface area contributed by atoms with E-state index in [0.29, 0.717) is 12.2 Å². The summed E-state index contributed by atoms with van der Waals surface area (Å²) in [5, 5.41) is 0. The van der Waals surface area contributed by atoms with E-state index in [0.717, 1.165) is 13.2 Å². The monoisotopic (exact) mass is 198 g/mol. The van der Waals surface area contributed by atoms with E-state index in [9.17, 15) is 0 Å². The van der Waals surface area contributed by atoms with E-state index in [1.54, 1.807) is 0 Å². The summed E-state index contributed by atoms with van der Waals surface area (Å²) in [5.41, 5.74) is 0. The molecule has 0 N–H and O–H groups in total. The van der Waals surface area contributed by atoms with Crippen LogP contribution in [-0.4, -0.2) is 25.4 Å². The highest BCUT2D eigenvalue weighted by atomic mass is 16.5. The van der Waals surface area contributed by atoms with Crippen LogP contribution in [0.1, 0.15) is 51.4 Å². The summed E-state index contributed by atoms with van der Waals surface area (Å²) in [6.07, 6.45) is 11.6. The average Bonchev–Trinajstić information content (AvgIpc) is 2.86. The normalized spacial score (nSPS) is 24.9. The first-order valence-electron chi connectivity index (χ1n) is 6.18. The molecule has 0 aromatic heterocycles. The van der Waals surface area contributed by atoms with Crippen LogP contribution in [0.15, 0.2) is 0 Å². The van der Waals surface area contributed by atoms with Gasteiger partial charge in [0, 0.05) is 0 Å². The van der Waals surface area contributed by atoms with E-state index >= 15 is 0 Å². The standard InChI is InChI=1S/C12H22O2/c1-2-6-11(5-1)13-9-10-14-12-7-3-4-8-12/h11-12H,1-10H2. The lowest BCUT2D eigenvalue weighted by molar-refractivity contribution is -0.0176. The second-order valence-electron chi connectivity index (χ2n) is 4.55. The van der Waals surface area contributed by atoms with Gasteiger partial charge in [-0.25, -0.2) is 0 Å². The molecule has 0 saturated heterocycles. The van der Waals surface area contributed by atoms with Crippen LogP contribution in [0, 0.1) is 0 Å². The molecule has 82 valence electrons. The highest BCUT2D eigenvalue weighted by molar-refractivity contribution is 4.68. The van der Waals surface area contributed by atoms with Gasteiger partial charge < -0.3 is 9.47 Å². The Morgan fingerprint density at radius 2 is 1.00 bits per heavy atom. The lowest BCUT2D eigenvalue weighted by Crippen LogP contribution is -2.16. The molecule has 2 fully saturated rings. The van der Waals surface area contributed by atoms with Crippen molar-refractivity contribution in [3.8, 4) is 0 Å². The smallest absolute Gasteiger partial charge is 0.0704 e. The van der Waals surface area contributed by atoms with Crippen molar-refractivity contribution in [3.63, 3.8) is 0 Å². The van der Waals surface area contributed by atoms with Crippen molar-refractivity contribution >= 4 is 0 Å². The Hall–Kier alpha value is -0.0800. The van der Waals surface area contributed by atoms with Gasteiger partial charge >= 0.3 is 0 Å². The van der Waals surface area contributed by atoms with E-state index < -0.39 is 0 Å². The molecule has 2 nitrogen and oxygen atoms in total. The Balaban J connectivity index is 1.46. The molecule has 14 heavy (non-hydrogen) atoms. The van der Waals surface area contributed by atoms with Gasteiger partial charge in [-0.2, -0.15) is 0 Å². The molecule has 0 aliphatic heterocycles. The molecule has 0 bridgehead atoms. The van der Waals surface area contributed by atoms with Crippen molar-refractivity contribution in [1.29, 1.82) is 0 Å². The number of ether oxygens (including phenoxy) is 2. The Labute approximate surface area is 87.0 Å². The summed E-state index contributed by atoms with van der Waals surface area (Å²) in [6.45, 7) is 1.61. The van der Waals surface area contributed by atoms with Gasteiger partial charge in [-0.3, -0.25) is 0 Å². The molecule has 0 amide bonds. The lowest BCUT2D eigenvalue weighted by atomic mass is 10.3. The third-order valence-corrected chi connectivity index (χ3v) is 3.39. The van der Waals surface area contributed by atoms with Crippen molar-refractivity contribution in [1.82, 2.24) is 0 Å². The van der Waals surface area contributed by atoms with E-state index in [-0.39, 0.29) is 0 Å².